The van der Waals surface area contributed by atoms with Gasteiger partial charge >= 0.3 is 0 Å². The van der Waals surface area contributed by atoms with Crippen molar-refractivity contribution in [3.8, 4) is 0 Å². The fraction of sp³-hybridized carbons (Fsp3) is 0.929. The molecule has 0 aliphatic carbocycles. The number of rotatable bonds is 8. The van der Waals surface area contributed by atoms with E-state index in [1.807, 2.05) is 11.9 Å². The molecule has 1 heterocycles. The molecule has 1 aliphatic rings. The summed E-state index contributed by atoms with van der Waals surface area (Å²) in [6, 6.07) is -1.12. The summed E-state index contributed by atoms with van der Waals surface area (Å²) in [6.07, 6.45) is -2.96. The molecule has 5 N–H and O–H groups in total. The summed E-state index contributed by atoms with van der Waals surface area (Å²) >= 11 is 0. The molecule has 8 nitrogen and oxygen atoms in total. The Morgan fingerprint density at radius 1 is 1.23 bits per heavy atom. The molecule has 0 radical (unpaired) electrons. The number of nitrogens with one attached hydrogen (secondary N) is 1. The summed E-state index contributed by atoms with van der Waals surface area (Å²) in [5, 5.41) is 40.9. The molecular weight excluding hydrogens is 292 g/mol. The molecule has 8 heteroatoms. The minimum Gasteiger partial charge on any atom is -0.394 e. The van der Waals surface area contributed by atoms with Crippen LogP contribution in [-0.4, -0.2) is 88.6 Å². The second-order valence-corrected chi connectivity index (χ2v) is 5.73. The number of ether oxygens (including phenoxy) is 1. The standard InChI is InChI=1S/C14H28N2O6/c1-3-4-6-16(2)7-5-10(18)15-11-13(20)12(19)9(8-17)22-14(11)21/h9,11-14,17,19-21H,3-8H2,1-2H3,(H,15,18)/t9-,11?,12?,13-,14?/m1/s1. The normalized spacial score (nSPS) is 32.2. The van der Waals surface area contributed by atoms with Gasteiger partial charge in [-0.2, -0.15) is 0 Å². The number of amides is 1. The quantitative estimate of drug-likeness (QED) is 0.351. The second kappa shape index (κ2) is 9.39. The van der Waals surface area contributed by atoms with Crippen molar-refractivity contribution >= 4 is 5.91 Å². The molecule has 1 fully saturated rings. The predicted molar refractivity (Wildman–Crippen MR) is 78.9 cm³/mol. The third-order valence-corrected chi connectivity index (χ3v) is 3.84. The number of carbonyl (C=O) groups excluding carboxylic acids is 1. The van der Waals surface area contributed by atoms with Crippen molar-refractivity contribution in [2.75, 3.05) is 26.7 Å². The monoisotopic (exact) mass is 320 g/mol. The molecule has 22 heavy (non-hydrogen) atoms. The maximum absolute atomic E-state index is 11.9. The lowest BCUT2D eigenvalue weighted by atomic mass is 9.97. The van der Waals surface area contributed by atoms with Crippen LogP contribution >= 0.6 is 0 Å². The third-order valence-electron chi connectivity index (χ3n) is 3.84. The van der Waals surface area contributed by atoms with Gasteiger partial charge < -0.3 is 35.4 Å². The van der Waals surface area contributed by atoms with Crippen LogP contribution in [0.25, 0.3) is 0 Å². The molecule has 1 rings (SSSR count). The van der Waals surface area contributed by atoms with Gasteiger partial charge in [-0.1, -0.05) is 13.3 Å². The lowest BCUT2D eigenvalue weighted by Crippen LogP contribution is -2.64. The smallest absolute Gasteiger partial charge is 0.221 e. The van der Waals surface area contributed by atoms with Crippen LogP contribution < -0.4 is 5.32 Å². The molecule has 1 amide bonds. The molecule has 3 unspecified atom stereocenters. The van der Waals surface area contributed by atoms with Gasteiger partial charge in [-0.25, -0.2) is 0 Å². The molecule has 0 aromatic rings. The van der Waals surface area contributed by atoms with E-state index in [-0.39, 0.29) is 12.3 Å². The van der Waals surface area contributed by atoms with Crippen molar-refractivity contribution < 1.29 is 30.0 Å². The Hall–Kier alpha value is -0.770. The van der Waals surface area contributed by atoms with E-state index < -0.39 is 37.3 Å². The Morgan fingerprint density at radius 2 is 1.91 bits per heavy atom. The number of aliphatic hydroxyl groups is 4. The lowest BCUT2D eigenvalue weighted by molar-refractivity contribution is -0.253. The van der Waals surface area contributed by atoms with Gasteiger partial charge in [0.1, 0.15) is 24.4 Å². The van der Waals surface area contributed by atoms with Gasteiger partial charge in [0.15, 0.2) is 6.29 Å². The van der Waals surface area contributed by atoms with E-state index in [0.717, 1.165) is 19.4 Å². The molecule has 0 bridgehead atoms. The zero-order chi connectivity index (χ0) is 16.7. The van der Waals surface area contributed by atoms with Crippen LogP contribution in [0.2, 0.25) is 0 Å². The van der Waals surface area contributed by atoms with Gasteiger partial charge in [0.2, 0.25) is 5.91 Å². The topological polar surface area (TPSA) is 122 Å². The first-order valence-electron chi connectivity index (χ1n) is 7.69. The summed E-state index contributed by atoms with van der Waals surface area (Å²) < 4.78 is 4.98. The molecule has 0 saturated carbocycles. The first-order valence-corrected chi connectivity index (χ1v) is 7.69. The zero-order valence-corrected chi connectivity index (χ0v) is 13.2. The zero-order valence-electron chi connectivity index (χ0n) is 13.2. The van der Waals surface area contributed by atoms with Crippen molar-refractivity contribution in [1.82, 2.24) is 10.2 Å². The number of hydrogen-bond acceptors (Lipinski definition) is 7. The average molecular weight is 320 g/mol. The van der Waals surface area contributed by atoms with Crippen molar-refractivity contribution in [2.24, 2.45) is 0 Å². The Kier molecular flexibility index (Phi) is 8.23. The first kappa shape index (κ1) is 19.3. The number of hydrogen-bond donors (Lipinski definition) is 5. The van der Waals surface area contributed by atoms with Gasteiger partial charge in [0, 0.05) is 13.0 Å². The molecule has 5 atom stereocenters. The number of carbonyl (C=O) groups is 1. The van der Waals surface area contributed by atoms with Crippen molar-refractivity contribution in [3.63, 3.8) is 0 Å². The Morgan fingerprint density at radius 3 is 2.50 bits per heavy atom. The van der Waals surface area contributed by atoms with E-state index >= 15 is 0 Å². The number of nitrogens with zero attached hydrogens (tertiary/aromatic N) is 1. The Balaban J connectivity index is 2.43. The van der Waals surface area contributed by atoms with Crippen molar-refractivity contribution in [1.29, 1.82) is 0 Å². The van der Waals surface area contributed by atoms with Gasteiger partial charge in [-0.15, -0.1) is 0 Å². The van der Waals surface area contributed by atoms with Crippen LogP contribution in [0.1, 0.15) is 26.2 Å². The molecule has 0 spiro atoms. The SMILES string of the molecule is CCCCN(C)CCC(=O)NC1C(O)O[C@H](CO)C(O)[C@@H]1O. The maximum Gasteiger partial charge on any atom is 0.221 e. The molecule has 0 aromatic carbocycles. The van der Waals surface area contributed by atoms with Crippen LogP contribution in [0.15, 0.2) is 0 Å². The average Bonchev–Trinajstić information content (AvgIpc) is 2.50. The third kappa shape index (κ3) is 5.45. The summed E-state index contributed by atoms with van der Waals surface area (Å²) in [7, 11) is 1.92. The fourth-order valence-electron chi connectivity index (χ4n) is 2.34. The van der Waals surface area contributed by atoms with E-state index in [4.69, 9.17) is 9.84 Å². The summed E-state index contributed by atoms with van der Waals surface area (Å²) in [5.41, 5.74) is 0. The molecule has 0 aromatic heterocycles. The van der Waals surface area contributed by atoms with Crippen LogP contribution in [0.4, 0.5) is 0 Å². The molecule has 1 saturated heterocycles. The van der Waals surface area contributed by atoms with E-state index in [0.29, 0.717) is 6.54 Å². The van der Waals surface area contributed by atoms with Gasteiger partial charge in [-0.05, 0) is 20.0 Å². The highest BCUT2D eigenvalue weighted by Gasteiger charge is 2.44. The number of unbranched alkanes of at least 4 members (excludes halogenated alkanes) is 1. The molecule has 130 valence electrons. The highest BCUT2D eigenvalue weighted by atomic mass is 16.6. The fourth-order valence-corrected chi connectivity index (χ4v) is 2.34. The Bertz CT molecular complexity index is 343. The van der Waals surface area contributed by atoms with E-state index in [9.17, 15) is 20.1 Å². The van der Waals surface area contributed by atoms with Gasteiger partial charge in [0.25, 0.3) is 0 Å². The van der Waals surface area contributed by atoms with Crippen molar-refractivity contribution in [2.45, 2.75) is 56.8 Å². The molecule has 1 aliphatic heterocycles. The second-order valence-electron chi connectivity index (χ2n) is 5.73. The van der Waals surface area contributed by atoms with Crippen LogP contribution in [0.3, 0.4) is 0 Å². The Labute approximate surface area is 130 Å². The summed E-state index contributed by atoms with van der Waals surface area (Å²) in [6.45, 7) is 3.03. The van der Waals surface area contributed by atoms with E-state index in [2.05, 4.69) is 12.2 Å². The summed E-state index contributed by atoms with van der Waals surface area (Å²) in [5.74, 6) is -0.343. The first-order chi connectivity index (χ1) is 10.4. The van der Waals surface area contributed by atoms with Gasteiger partial charge in [-0.3, -0.25) is 4.79 Å². The lowest BCUT2D eigenvalue weighted by Gasteiger charge is -2.40. The predicted octanol–water partition coefficient (Wildman–Crippen LogP) is -1.98. The number of aliphatic hydroxyl groups excluding tert-OH is 4. The van der Waals surface area contributed by atoms with E-state index in [1.165, 1.54) is 0 Å². The maximum atomic E-state index is 11.9. The van der Waals surface area contributed by atoms with Gasteiger partial charge in [0.05, 0.1) is 6.61 Å². The highest BCUT2D eigenvalue weighted by Crippen LogP contribution is 2.19. The highest BCUT2D eigenvalue weighted by molar-refractivity contribution is 5.76. The largest absolute Gasteiger partial charge is 0.394 e. The minimum atomic E-state index is -1.47. The minimum absolute atomic E-state index is 0.218. The van der Waals surface area contributed by atoms with Crippen LogP contribution in [0, 0.1) is 0 Å². The van der Waals surface area contributed by atoms with Crippen LogP contribution in [0.5, 0.6) is 0 Å². The molecular formula is C14H28N2O6. The van der Waals surface area contributed by atoms with Crippen LogP contribution in [-0.2, 0) is 9.53 Å². The van der Waals surface area contributed by atoms with E-state index in [1.54, 1.807) is 0 Å². The van der Waals surface area contributed by atoms with Crippen molar-refractivity contribution in [3.05, 3.63) is 0 Å². The summed E-state index contributed by atoms with van der Waals surface area (Å²) in [4.78, 5) is 13.9.